The molecule has 190 valence electrons. The number of fused-ring (bicyclic) bond motifs is 5. The second kappa shape index (κ2) is 10.3. The Labute approximate surface area is 205 Å². The standard InChI is InChI=1S/C28H49NO3S/c1-20(9-14-26(30)29(4)18-19-33(31)32-5)23-12-13-24-22-11-10-21-8-6-7-16-27(21,2)25(22)15-17-28(23,24)3/h20-25H,6-19H2,1-5H3/t20-,21?,22?,23?,24?,25?,27?,28?,33?/m1/s1. The van der Waals surface area contributed by atoms with E-state index in [2.05, 4.69) is 20.8 Å². The van der Waals surface area contributed by atoms with E-state index in [9.17, 15) is 9.00 Å². The third-order valence-electron chi connectivity index (χ3n) is 11.4. The molecule has 4 aliphatic rings. The lowest BCUT2D eigenvalue weighted by Gasteiger charge is -2.61. The summed E-state index contributed by atoms with van der Waals surface area (Å²) in [5.41, 5.74) is 1.10. The van der Waals surface area contributed by atoms with Crippen LogP contribution in [-0.4, -0.2) is 41.5 Å². The van der Waals surface area contributed by atoms with Gasteiger partial charge >= 0.3 is 0 Å². The van der Waals surface area contributed by atoms with Crippen LogP contribution in [0.1, 0.15) is 97.8 Å². The average Bonchev–Trinajstić information content (AvgIpc) is 3.17. The highest BCUT2D eigenvalue weighted by atomic mass is 32.2. The predicted molar refractivity (Wildman–Crippen MR) is 136 cm³/mol. The van der Waals surface area contributed by atoms with E-state index in [1.165, 1.54) is 71.3 Å². The van der Waals surface area contributed by atoms with Gasteiger partial charge in [0.15, 0.2) is 11.1 Å². The maximum atomic E-state index is 12.7. The Bertz CT molecular complexity index is 728. The van der Waals surface area contributed by atoms with Gasteiger partial charge in [-0.1, -0.05) is 33.6 Å². The molecule has 0 aromatic heterocycles. The second-order valence-electron chi connectivity index (χ2n) is 12.6. The second-order valence-corrected chi connectivity index (χ2v) is 14.0. The highest BCUT2D eigenvalue weighted by Crippen LogP contribution is 2.68. The third-order valence-corrected chi connectivity index (χ3v) is 12.2. The van der Waals surface area contributed by atoms with E-state index in [4.69, 9.17) is 4.18 Å². The third kappa shape index (κ3) is 4.84. The summed E-state index contributed by atoms with van der Waals surface area (Å²) in [5.74, 6) is 5.76. The molecule has 4 rings (SSSR count). The van der Waals surface area contributed by atoms with Crippen molar-refractivity contribution in [2.45, 2.75) is 97.8 Å². The van der Waals surface area contributed by atoms with Crippen LogP contribution < -0.4 is 0 Å². The molecule has 4 fully saturated rings. The van der Waals surface area contributed by atoms with Crippen LogP contribution in [0.4, 0.5) is 0 Å². The summed E-state index contributed by atoms with van der Waals surface area (Å²) >= 11 is -1.29. The van der Waals surface area contributed by atoms with E-state index in [1.807, 2.05) is 7.05 Å². The molecule has 1 amide bonds. The van der Waals surface area contributed by atoms with Crippen molar-refractivity contribution in [3.8, 4) is 0 Å². The Morgan fingerprint density at radius 1 is 1.03 bits per heavy atom. The Balaban J connectivity index is 1.35. The smallest absolute Gasteiger partial charge is 0.222 e. The number of carbonyl (C=O) groups is 1. The Morgan fingerprint density at radius 2 is 1.79 bits per heavy atom. The molecule has 0 aliphatic heterocycles. The molecule has 0 N–H and O–H groups in total. The fraction of sp³-hybridized carbons (Fsp3) is 0.964. The van der Waals surface area contributed by atoms with Crippen LogP contribution >= 0.6 is 0 Å². The molecule has 0 heterocycles. The molecule has 8 unspecified atom stereocenters. The van der Waals surface area contributed by atoms with E-state index in [-0.39, 0.29) is 5.91 Å². The maximum absolute atomic E-state index is 12.7. The number of amides is 1. The van der Waals surface area contributed by atoms with Crippen molar-refractivity contribution in [1.82, 2.24) is 4.90 Å². The van der Waals surface area contributed by atoms with Gasteiger partial charge in [-0.2, -0.15) is 0 Å². The number of hydrogen-bond acceptors (Lipinski definition) is 3. The summed E-state index contributed by atoms with van der Waals surface area (Å²) in [7, 11) is 3.28. The first-order valence-electron chi connectivity index (χ1n) is 13.9. The number of rotatable bonds is 8. The molecule has 4 nitrogen and oxygen atoms in total. The lowest BCUT2D eigenvalue weighted by molar-refractivity contribution is -0.130. The zero-order valence-corrected chi connectivity index (χ0v) is 22.8. The molecule has 0 saturated heterocycles. The van der Waals surface area contributed by atoms with Gasteiger partial charge in [0.2, 0.25) is 5.91 Å². The van der Waals surface area contributed by atoms with Gasteiger partial charge in [0.05, 0.1) is 12.9 Å². The SMILES string of the molecule is COS(=O)CCN(C)C(=O)CC[C@@H](C)C1CCC2C3CCC4CCCCC4(C)C3CCC21C. The van der Waals surface area contributed by atoms with Gasteiger partial charge in [-0.3, -0.25) is 8.98 Å². The van der Waals surface area contributed by atoms with Crippen LogP contribution in [0.2, 0.25) is 0 Å². The van der Waals surface area contributed by atoms with Crippen LogP contribution in [0.5, 0.6) is 0 Å². The molecular weight excluding hydrogens is 430 g/mol. The predicted octanol–water partition coefficient (Wildman–Crippen LogP) is 6.22. The van der Waals surface area contributed by atoms with Gasteiger partial charge in [-0.05, 0) is 104 Å². The first kappa shape index (κ1) is 25.7. The summed E-state index contributed by atoms with van der Waals surface area (Å²) in [5, 5.41) is 0. The first-order chi connectivity index (χ1) is 15.7. The molecule has 0 aromatic carbocycles. The fourth-order valence-electron chi connectivity index (χ4n) is 9.43. The van der Waals surface area contributed by atoms with Crippen molar-refractivity contribution >= 4 is 17.0 Å². The average molecular weight is 480 g/mol. The zero-order valence-electron chi connectivity index (χ0n) is 21.9. The minimum atomic E-state index is -1.29. The van der Waals surface area contributed by atoms with Crippen LogP contribution in [0, 0.1) is 46.3 Å². The quantitative estimate of drug-likeness (QED) is 0.415. The van der Waals surface area contributed by atoms with Crippen molar-refractivity contribution in [2.75, 3.05) is 26.5 Å². The van der Waals surface area contributed by atoms with Crippen molar-refractivity contribution in [3.05, 3.63) is 0 Å². The number of nitrogens with zero attached hydrogens (tertiary/aromatic N) is 1. The summed E-state index contributed by atoms with van der Waals surface area (Å²) < 4.78 is 16.3. The number of carbonyl (C=O) groups excluding carboxylic acids is 1. The van der Waals surface area contributed by atoms with Crippen LogP contribution in [0.25, 0.3) is 0 Å². The number of hydrogen-bond donors (Lipinski definition) is 0. The summed E-state index contributed by atoms with van der Waals surface area (Å²) in [6.45, 7) is 8.22. The highest BCUT2D eigenvalue weighted by molar-refractivity contribution is 7.80. The molecule has 0 radical (unpaired) electrons. The van der Waals surface area contributed by atoms with Gasteiger partial charge in [-0.25, -0.2) is 4.21 Å². The topological polar surface area (TPSA) is 46.6 Å². The lowest BCUT2D eigenvalue weighted by atomic mass is 9.44. The van der Waals surface area contributed by atoms with Gasteiger partial charge in [0.25, 0.3) is 0 Å². The molecule has 9 atom stereocenters. The van der Waals surface area contributed by atoms with E-state index in [0.717, 1.165) is 36.0 Å². The van der Waals surface area contributed by atoms with Gasteiger partial charge in [-0.15, -0.1) is 0 Å². The summed E-state index contributed by atoms with van der Waals surface area (Å²) in [6, 6.07) is 0. The molecule has 33 heavy (non-hydrogen) atoms. The van der Waals surface area contributed by atoms with E-state index in [1.54, 1.807) is 4.90 Å². The lowest BCUT2D eigenvalue weighted by Crippen LogP contribution is -2.53. The minimum Gasteiger partial charge on any atom is -0.345 e. The molecule has 4 aliphatic carbocycles. The Hall–Kier alpha value is -0.420. The van der Waals surface area contributed by atoms with Crippen molar-refractivity contribution in [3.63, 3.8) is 0 Å². The normalized spacial score (nSPS) is 42.0. The van der Waals surface area contributed by atoms with Gasteiger partial charge < -0.3 is 4.90 Å². The molecule has 5 heteroatoms. The van der Waals surface area contributed by atoms with E-state index in [0.29, 0.717) is 35.5 Å². The molecular formula is C28H49NO3S. The van der Waals surface area contributed by atoms with Crippen LogP contribution in [0.3, 0.4) is 0 Å². The maximum Gasteiger partial charge on any atom is 0.222 e. The molecule has 0 aromatic rings. The molecule has 0 spiro atoms. The molecule has 4 saturated carbocycles. The Morgan fingerprint density at radius 3 is 2.55 bits per heavy atom. The van der Waals surface area contributed by atoms with Gasteiger partial charge in [0.1, 0.15) is 0 Å². The fourth-order valence-corrected chi connectivity index (χ4v) is 10.0. The largest absolute Gasteiger partial charge is 0.345 e. The van der Waals surface area contributed by atoms with Crippen LogP contribution in [0.15, 0.2) is 0 Å². The van der Waals surface area contributed by atoms with Gasteiger partial charge in [0, 0.05) is 20.0 Å². The first-order valence-corrected chi connectivity index (χ1v) is 15.1. The van der Waals surface area contributed by atoms with E-state index >= 15 is 0 Å². The van der Waals surface area contributed by atoms with Crippen molar-refractivity contribution in [2.24, 2.45) is 46.3 Å². The Kier molecular flexibility index (Phi) is 8.00. The van der Waals surface area contributed by atoms with Crippen LogP contribution in [-0.2, 0) is 20.1 Å². The van der Waals surface area contributed by atoms with Crippen molar-refractivity contribution < 1.29 is 13.2 Å². The molecule has 0 bridgehead atoms. The highest BCUT2D eigenvalue weighted by Gasteiger charge is 2.60. The summed E-state index contributed by atoms with van der Waals surface area (Å²) in [6.07, 6.45) is 16.1. The van der Waals surface area contributed by atoms with Crippen molar-refractivity contribution in [1.29, 1.82) is 0 Å². The summed E-state index contributed by atoms with van der Waals surface area (Å²) in [4.78, 5) is 14.4. The minimum absolute atomic E-state index is 0.182. The zero-order chi connectivity index (χ0) is 23.8. The van der Waals surface area contributed by atoms with E-state index < -0.39 is 11.1 Å². The monoisotopic (exact) mass is 479 g/mol.